The first-order chi connectivity index (χ1) is 9.15. The molecule has 2 heterocycles. The Hall–Kier alpha value is -1.07. The van der Waals surface area contributed by atoms with Crippen molar-refractivity contribution in [2.24, 2.45) is 0 Å². The zero-order valence-corrected chi connectivity index (χ0v) is 12.1. The van der Waals surface area contributed by atoms with Gasteiger partial charge in [0, 0.05) is 23.0 Å². The van der Waals surface area contributed by atoms with Crippen molar-refractivity contribution in [1.82, 2.24) is 4.90 Å². The van der Waals surface area contributed by atoms with Gasteiger partial charge in [-0.05, 0) is 37.1 Å². The van der Waals surface area contributed by atoms with E-state index in [0.29, 0.717) is 6.54 Å². The van der Waals surface area contributed by atoms with Crippen LogP contribution in [0.1, 0.15) is 24.0 Å². The zero-order valence-electron chi connectivity index (χ0n) is 10.6. The summed E-state index contributed by atoms with van der Waals surface area (Å²) in [6, 6.07) is 3.78. The molecular formula is C14H16BrNO3. The highest BCUT2D eigenvalue weighted by Crippen LogP contribution is 2.34. The number of hydrogen-bond donors (Lipinski definition) is 1. The number of fused-ring (bicyclic) bond motifs is 1. The Bertz CT molecular complexity index is 518. The molecule has 1 saturated heterocycles. The van der Waals surface area contributed by atoms with E-state index in [1.165, 1.54) is 5.56 Å². The molecule has 2 aliphatic heterocycles. The summed E-state index contributed by atoms with van der Waals surface area (Å²) >= 11 is 3.52. The number of rotatable bonds is 3. The molecule has 1 aromatic carbocycles. The maximum absolute atomic E-state index is 11.2. The van der Waals surface area contributed by atoms with Crippen LogP contribution < -0.4 is 4.74 Å². The van der Waals surface area contributed by atoms with E-state index in [9.17, 15) is 9.90 Å². The number of aliphatic carboxylic acids is 1. The lowest BCUT2D eigenvalue weighted by molar-refractivity contribution is -0.142. The molecule has 2 aliphatic rings. The third-order valence-corrected chi connectivity index (χ3v) is 4.31. The lowest BCUT2D eigenvalue weighted by Gasteiger charge is -2.22. The van der Waals surface area contributed by atoms with Crippen LogP contribution in [0.15, 0.2) is 16.6 Å². The third kappa shape index (κ3) is 2.49. The minimum Gasteiger partial charge on any atom is -0.493 e. The number of hydrogen-bond acceptors (Lipinski definition) is 3. The van der Waals surface area contributed by atoms with Gasteiger partial charge in [-0.3, -0.25) is 9.69 Å². The number of carboxylic acids is 1. The lowest BCUT2D eigenvalue weighted by Crippen LogP contribution is -2.35. The molecule has 1 fully saturated rings. The second-order valence-electron chi connectivity index (χ2n) is 5.12. The van der Waals surface area contributed by atoms with Gasteiger partial charge in [0.15, 0.2) is 0 Å². The van der Waals surface area contributed by atoms with E-state index in [2.05, 4.69) is 22.0 Å². The van der Waals surface area contributed by atoms with Crippen LogP contribution in [0.2, 0.25) is 0 Å². The molecule has 102 valence electrons. The molecule has 0 amide bonds. The van der Waals surface area contributed by atoms with Crippen molar-refractivity contribution in [1.29, 1.82) is 0 Å². The Morgan fingerprint density at radius 2 is 2.37 bits per heavy atom. The van der Waals surface area contributed by atoms with E-state index in [1.807, 2.05) is 11.0 Å². The molecule has 5 heteroatoms. The van der Waals surface area contributed by atoms with Crippen molar-refractivity contribution in [3.63, 3.8) is 0 Å². The van der Waals surface area contributed by atoms with Crippen molar-refractivity contribution in [2.75, 3.05) is 13.2 Å². The maximum Gasteiger partial charge on any atom is 0.320 e. The van der Waals surface area contributed by atoms with Gasteiger partial charge < -0.3 is 9.84 Å². The number of ether oxygens (including phenoxy) is 1. The molecule has 0 bridgehead atoms. The fraction of sp³-hybridized carbons (Fsp3) is 0.500. The standard InChI is InChI=1S/C14H16BrNO3/c15-11-6-9-3-5-19-13(9)10(7-11)8-16-4-1-2-12(16)14(17)18/h6-7,12H,1-5,8H2,(H,17,18)/t12-/m1/s1. The molecular weight excluding hydrogens is 310 g/mol. The molecule has 19 heavy (non-hydrogen) atoms. The normalized spacial score (nSPS) is 22.3. The minimum atomic E-state index is -0.718. The highest BCUT2D eigenvalue weighted by molar-refractivity contribution is 9.10. The van der Waals surface area contributed by atoms with E-state index in [4.69, 9.17) is 4.74 Å². The van der Waals surface area contributed by atoms with Crippen LogP contribution >= 0.6 is 15.9 Å². The van der Waals surface area contributed by atoms with Crippen LogP contribution in [0.3, 0.4) is 0 Å². The highest BCUT2D eigenvalue weighted by atomic mass is 79.9. The van der Waals surface area contributed by atoms with E-state index in [0.717, 1.165) is 48.2 Å². The van der Waals surface area contributed by atoms with Gasteiger partial charge in [0.1, 0.15) is 11.8 Å². The monoisotopic (exact) mass is 325 g/mol. The van der Waals surface area contributed by atoms with Crippen LogP contribution in [-0.4, -0.2) is 35.2 Å². The van der Waals surface area contributed by atoms with Gasteiger partial charge in [-0.2, -0.15) is 0 Å². The highest BCUT2D eigenvalue weighted by Gasteiger charge is 2.31. The summed E-state index contributed by atoms with van der Waals surface area (Å²) in [5, 5.41) is 9.23. The van der Waals surface area contributed by atoms with Gasteiger partial charge in [-0.25, -0.2) is 0 Å². The van der Waals surface area contributed by atoms with E-state index in [1.54, 1.807) is 0 Å². The second-order valence-corrected chi connectivity index (χ2v) is 6.03. The predicted octanol–water partition coefficient (Wildman–Crippen LogP) is 2.43. The number of carboxylic acid groups (broad SMARTS) is 1. The molecule has 0 radical (unpaired) electrons. The second kappa shape index (κ2) is 5.13. The van der Waals surface area contributed by atoms with Crippen LogP contribution in [0.25, 0.3) is 0 Å². The first kappa shape index (κ1) is 12.9. The average molecular weight is 326 g/mol. The molecule has 4 nitrogen and oxygen atoms in total. The quantitative estimate of drug-likeness (QED) is 0.927. The Morgan fingerprint density at radius 3 is 3.16 bits per heavy atom. The summed E-state index contributed by atoms with van der Waals surface area (Å²) in [5.74, 6) is 0.240. The topological polar surface area (TPSA) is 49.8 Å². The fourth-order valence-electron chi connectivity index (χ4n) is 2.98. The smallest absolute Gasteiger partial charge is 0.320 e. The van der Waals surface area contributed by atoms with Crippen molar-refractivity contribution in [2.45, 2.75) is 31.8 Å². The number of carbonyl (C=O) groups is 1. The Labute approximate surface area is 120 Å². The van der Waals surface area contributed by atoms with Crippen molar-refractivity contribution in [3.05, 3.63) is 27.7 Å². The first-order valence-corrected chi connectivity index (χ1v) is 7.35. The van der Waals surface area contributed by atoms with Gasteiger partial charge in [-0.1, -0.05) is 15.9 Å². The number of nitrogens with zero attached hydrogens (tertiary/aromatic N) is 1. The van der Waals surface area contributed by atoms with Gasteiger partial charge in [0.25, 0.3) is 0 Å². The van der Waals surface area contributed by atoms with Crippen LogP contribution in [-0.2, 0) is 17.8 Å². The third-order valence-electron chi connectivity index (χ3n) is 3.85. The molecule has 1 N–H and O–H groups in total. The molecule has 3 rings (SSSR count). The molecule has 0 aromatic heterocycles. The van der Waals surface area contributed by atoms with Crippen LogP contribution in [0.4, 0.5) is 0 Å². The maximum atomic E-state index is 11.2. The number of benzene rings is 1. The van der Waals surface area contributed by atoms with Crippen LogP contribution in [0.5, 0.6) is 5.75 Å². The molecule has 0 aliphatic carbocycles. The first-order valence-electron chi connectivity index (χ1n) is 6.56. The lowest BCUT2D eigenvalue weighted by atomic mass is 10.1. The van der Waals surface area contributed by atoms with Crippen LogP contribution in [0, 0.1) is 0 Å². The van der Waals surface area contributed by atoms with E-state index >= 15 is 0 Å². The zero-order chi connectivity index (χ0) is 13.4. The van der Waals surface area contributed by atoms with Crippen molar-refractivity contribution < 1.29 is 14.6 Å². The largest absolute Gasteiger partial charge is 0.493 e. The Kier molecular flexibility index (Phi) is 3.50. The Balaban J connectivity index is 1.85. The fourth-order valence-corrected chi connectivity index (χ4v) is 3.53. The Morgan fingerprint density at radius 1 is 1.53 bits per heavy atom. The van der Waals surface area contributed by atoms with Crippen molar-refractivity contribution in [3.8, 4) is 5.75 Å². The molecule has 0 unspecified atom stereocenters. The summed E-state index contributed by atoms with van der Waals surface area (Å²) in [6.45, 7) is 2.22. The number of halogens is 1. The summed E-state index contributed by atoms with van der Waals surface area (Å²) < 4.78 is 6.74. The number of likely N-dealkylation sites (tertiary alicyclic amines) is 1. The van der Waals surface area contributed by atoms with Gasteiger partial charge >= 0.3 is 5.97 Å². The summed E-state index contributed by atoms with van der Waals surface area (Å²) in [6.07, 6.45) is 2.63. The van der Waals surface area contributed by atoms with Crippen molar-refractivity contribution >= 4 is 21.9 Å². The SMILES string of the molecule is O=C(O)[C@H]1CCCN1Cc1cc(Br)cc2c1OCC2. The summed E-state index contributed by atoms with van der Waals surface area (Å²) in [7, 11) is 0. The van der Waals surface area contributed by atoms with E-state index in [-0.39, 0.29) is 6.04 Å². The van der Waals surface area contributed by atoms with Gasteiger partial charge in [0.05, 0.1) is 6.61 Å². The molecule has 1 atom stereocenters. The summed E-state index contributed by atoms with van der Waals surface area (Å²) in [4.78, 5) is 13.3. The summed E-state index contributed by atoms with van der Waals surface area (Å²) in [5.41, 5.74) is 2.31. The van der Waals surface area contributed by atoms with E-state index < -0.39 is 5.97 Å². The van der Waals surface area contributed by atoms with Gasteiger partial charge in [-0.15, -0.1) is 0 Å². The average Bonchev–Trinajstić information content (AvgIpc) is 2.96. The predicted molar refractivity (Wildman–Crippen MR) is 74.4 cm³/mol. The molecule has 0 saturated carbocycles. The van der Waals surface area contributed by atoms with Gasteiger partial charge in [0.2, 0.25) is 0 Å². The molecule has 1 aromatic rings. The minimum absolute atomic E-state index is 0.351. The molecule has 0 spiro atoms.